The summed E-state index contributed by atoms with van der Waals surface area (Å²) in [6, 6.07) is 3.72. The van der Waals surface area contributed by atoms with Crippen molar-refractivity contribution in [2.24, 2.45) is 0 Å². The molecule has 1 N–H and O–H groups in total. The van der Waals surface area contributed by atoms with Crippen molar-refractivity contribution in [3.63, 3.8) is 0 Å². The first-order valence-electron chi connectivity index (χ1n) is 5.90. The second-order valence-corrected chi connectivity index (χ2v) is 4.12. The van der Waals surface area contributed by atoms with Gasteiger partial charge in [-0.15, -0.1) is 0 Å². The van der Waals surface area contributed by atoms with Gasteiger partial charge in [0.25, 0.3) is 0 Å². The van der Waals surface area contributed by atoms with Crippen molar-refractivity contribution in [3.05, 3.63) is 35.1 Å². The number of ether oxygens (including phenoxy) is 1. The summed E-state index contributed by atoms with van der Waals surface area (Å²) in [5.41, 5.74) is 0.603. The smallest absolute Gasteiger partial charge is 0.395 e. The van der Waals surface area contributed by atoms with Gasteiger partial charge in [-0.2, -0.15) is 13.2 Å². The van der Waals surface area contributed by atoms with Crippen LogP contribution in [0.3, 0.4) is 0 Å². The van der Waals surface area contributed by atoms with E-state index in [1.54, 1.807) is 0 Å². The van der Waals surface area contributed by atoms with Crippen LogP contribution in [0.4, 0.5) is 17.6 Å². The Morgan fingerprint density at radius 1 is 1.30 bits per heavy atom. The molecule has 20 heavy (non-hydrogen) atoms. The van der Waals surface area contributed by atoms with Crippen LogP contribution in [0.1, 0.15) is 24.5 Å². The summed E-state index contributed by atoms with van der Waals surface area (Å²) < 4.78 is 54.8. The van der Waals surface area contributed by atoms with Crippen LogP contribution in [0.2, 0.25) is 0 Å². The minimum atomic E-state index is -4.45. The van der Waals surface area contributed by atoms with Crippen LogP contribution >= 0.6 is 0 Å². The number of halogens is 4. The largest absolute Gasteiger partial charge is 0.414 e. The predicted molar refractivity (Wildman–Crippen MR) is 65.3 cm³/mol. The highest BCUT2D eigenvalue weighted by molar-refractivity contribution is 5.37. The van der Waals surface area contributed by atoms with Gasteiger partial charge in [-0.3, -0.25) is 0 Å². The molecule has 0 spiro atoms. The van der Waals surface area contributed by atoms with Gasteiger partial charge in [0.05, 0.1) is 13.2 Å². The second-order valence-electron chi connectivity index (χ2n) is 4.12. The Hall–Kier alpha value is -1.58. The van der Waals surface area contributed by atoms with Crippen LogP contribution in [0.5, 0.6) is 0 Å². The Kier molecular flexibility index (Phi) is 5.99. The van der Waals surface area contributed by atoms with Gasteiger partial charge in [-0.1, -0.05) is 11.8 Å². The quantitative estimate of drug-likeness (QED) is 0.682. The zero-order chi connectivity index (χ0) is 15.2. The van der Waals surface area contributed by atoms with Crippen molar-refractivity contribution in [3.8, 4) is 11.8 Å². The van der Waals surface area contributed by atoms with Gasteiger partial charge in [-0.25, -0.2) is 4.39 Å². The number of rotatable bonds is 4. The lowest BCUT2D eigenvalue weighted by Crippen LogP contribution is -2.28. The Morgan fingerprint density at radius 3 is 2.60 bits per heavy atom. The van der Waals surface area contributed by atoms with E-state index >= 15 is 0 Å². The summed E-state index contributed by atoms with van der Waals surface area (Å²) in [7, 11) is 0. The molecule has 1 rings (SSSR count). The molecular formula is C14H14F4O2. The van der Waals surface area contributed by atoms with E-state index in [2.05, 4.69) is 16.6 Å². The van der Waals surface area contributed by atoms with Gasteiger partial charge in [-0.05, 0) is 30.7 Å². The van der Waals surface area contributed by atoms with Gasteiger partial charge in [0, 0.05) is 12.0 Å². The highest BCUT2D eigenvalue weighted by atomic mass is 19.4. The van der Waals surface area contributed by atoms with E-state index in [0.717, 1.165) is 13.0 Å². The van der Waals surface area contributed by atoms with Crippen molar-refractivity contribution in [1.82, 2.24) is 0 Å². The average Bonchev–Trinajstić information content (AvgIpc) is 2.34. The maximum atomic E-state index is 13.3. The molecule has 0 aromatic heterocycles. The number of alkyl halides is 3. The molecule has 1 aromatic rings. The predicted octanol–water partition coefficient (Wildman–Crippen LogP) is 3.03. The second kappa shape index (κ2) is 7.27. The normalized spacial score (nSPS) is 12.7. The van der Waals surface area contributed by atoms with Gasteiger partial charge in [0.2, 0.25) is 0 Å². The van der Waals surface area contributed by atoms with Crippen LogP contribution in [0, 0.1) is 17.7 Å². The van der Waals surface area contributed by atoms with Gasteiger partial charge >= 0.3 is 6.18 Å². The summed E-state index contributed by atoms with van der Waals surface area (Å²) in [5, 5.41) is 8.57. The van der Waals surface area contributed by atoms with E-state index in [1.807, 2.05) is 0 Å². The first-order valence-corrected chi connectivity index (χ1v) is 5.90. The maximum absolute atomic E-state index is 13.3. The third-order valence-electron chi connectivity index (χ3n) is 2.39. The van der Waals surface area contributed by atoms with Crippen molar-refractivity contribution < 1.29 is 27.4 Å². The lowest BCUT2D eigenvalue weighted by molar-refractivity contribution is -0.217. The number of aliphatic hydroxyl groups excluding tert-OH is 1. The topological polar surface area (TPSA) is 29.5 Å². The lowest BCUT2D eigenvalue weighted by atomic mass is 10.1. The molecule has 0 saturated carbocycles. The zero-order valence-corrected chi connectivity index (χ0v) is 10.8. The Morgan fingerprint density at radius 2 is 2.00 bits per heavy atom. The SMILES string of the molecule is CC(OCc1cc(F)cc(C#CCCO)c1)C(F)(F)F. The van der Waals surface area contributed by atoms with Crippen LogP contribution in [0.15, 0.2) is 18.2 Å². The highest BCUT2D eigenvalue weighted by Gasteiger charge is 2.36. The molecule has 110 valence electrons. The minimum Gasteiger partial charge on any atom is -0.395 e. The third kappa shape index (κ3) is 5.59. The third-order valence-corrected chi connectivity index (χ3v) is 2.39. The van der Waals surface area contributed by atoms with E-state index < -0.39 is 18.1 Å². The molecule has 0 fully saturated rings. The molecule has 6 heteroatoms. The van der Waals surface area contributed by atoms with Crippen LogP contribution in [0.25, 0.3) is 0 Å². The Bertz CT molecular complexity index is 500. The summed E-state index contributed by atoms with van der Waals surface area (Å²) in [5.74, 6) is 4.63. The summed E-state index contributed by atoms with van der Waals surface area (Å²) in [6.07, 6.45) is -6.13. The Labute approximate surface area is 114 Å². The van der Waals surface area contributed by atoms with Crippen LogP contribution in [-0.4, -0.2) is 24.0 Å². The number of benzene rings is 1. The summed E-state index contributed by atoms with van der Waals surface area (Å²) in [6.45, 7) is 0.426. The molecule has 0 amide bonds. The molecular weight excluding hydrogens is 276 g/mol. The maximum Gasteiger partial charge on any atom is 0.414 e. The average molecular weight is 290 g/mol. The molecule has 0 bridgehead atoms. The molecule has 1 aromatic carbocycles. The highest BCUT2D eigenvalue weighted by Crippen LogP contribution is 2.23. The van der Waals surface area contributed by atoms with E-state index in [-0.39, 0.29) is 25.2 Å². The molecule has 0 aliphatic heterocycles. The summed E-state index contributed by atoms with van der Waals surface area (Å²) in [4.78, 5) is 0. The first kappa shape index (κ1) is 16.5. The fraction of sp³-hybridized carbons (Fsp3) is 0.429. The molecule has 0 saturated heterocycles. The fourth-order valence-corrected chi connectivity index (χ4v) is 1.34. The van der Waals surface area contributed by atoms with Crippen LogP contribution < -0.4 is 0 Å². The van der Waals surface area contributed by atoms with Gasteiger partial charge < -0.3 is 9.84 Å². The van der Waals surface area contributed by atoms with E-state index in [9.17, 15) is 17.6 Å². The molecule has 0 aliphatic carbocycles. The monoisotopic (exact) mass is 290 g/mol. The van der Waals surface area contributed by atoms with E-state index in [0.29, 0.717) is 5.56 Å². The molecule has 0 aliphatic rings. The van der Waals surface area contributed by atoms with Crippen molar-refractivity contribution in [2.45, 2.75) is 32.2 Å². The van der Waals surface area contributed by atoms with Crippen LogP contribution in [-0.2, 0) is 11.3 Å². The van der Waals surface area contributed by atoms with Gasteiger partial charge in [0.15, 0.2) is 6.10 Å². The number of hydrogen-bond acceptors (Lipinski definition) is 2. The number of hydrogen-bond donors (Lipinski definition) is 1. The van der Waals surface area contributed by atoms with E-state index in [1.165, 1.54) is 12.1 Å². The van der Waals surface area contributed by atoms with Crippen molar-refractivity contribution in [1.29, 1.82) is 0 Å². The lowest BCUT2D eigenvalue weighted by Gasteiger charge is -2.16. The standard InChI is InChI=1S/C14H14F4O2/c1-10(14(16,17)18)20-9-12-6-11(4-2-3-5-19)7-13(15)8-12/h6-8,10,19H,3,5,9H2,1H3. The molecule has 2 nitrogen and oxygen atoms in total. The van der Waals surface area contributed by atoms with Crippen molar-refractivity contribution in [2.75, 3.05) is 6.61 Å². The first-order chi connectivity index (χ1) is 9.32. The molecule has 1 atom stereocenters. The summed E-state index contributed by atoms with van der Waals surface area (Å²) >= 11 is 0. The van der Waals surface area contributed by atoms with Crippen molar-refractivity contribution >= 4 is 0 Å². The minimum absolute atomic E-state index is 0.110. The molecule has 0 radical (unpaired) electrons. The van der Waals surface area contributed by atoms with E-state index in [4.69, 9.17) is 5.11 Å². The number of aliphatic hydroxyl groups is 1. The van der Waals surface area contributed by atoms with Gasteiger partial charge in [0.1, 0.15) is 5.82 Å². The fourth-order valence-electron chi connectivity index (χ4n) is 1.34. The Balaban J connectivity index is 2.74. The molecule has 0 heterocycles. The molecule has 1 unspecified atom stereocenters. The zero-order valence-electron chi connectivity index (χ0n) is 10.8.